The van der Waals surface area contributed by atoms with Gasteiger partial charge in [0.15, 0.2) is 0 Å². The van der Waals surface area contributed by atoms with Gasteiger partial charge in [0.05, 0.1) is 18.4 Å². The molecule has 1 aromatic carbocycles. The summed E-state index contributed by atoms with van der Waals surface area (Å²) in [6.45, 7) is 0.789. The Kier molecular flexibility index (Phi) is 3.45. The maximum absolute atomic E-state index is 12.4. The van der Waals surface area contributed by atoms with E-state index in [4.69, 9.17) is 9.84 Å². The molecule has 21 heavy (non-hydrogen) atoms. The number of likely N-dealkylation sites (tertiary alicyclic amines) is 1. The molecule has 2 N–H and O–H groups in total. The smallest absolute Gasteiger partial charge is 0.335 e. The lowest BCUT2D eigenvalue weighted by Gasteiger charge is -2.27. The molecule has 1 saturated carbocycles. The minimum Gasteiger partial charge on any atom is -0.495 e. The van der Waals surface area contributed by atoms with Crippen LogP contribution >= 0.6 is 0 Å². The van der Waals surface area contributed by atoms with Crippen LogP contribution in [0.1, 0.15) is 29.6 Å². The second-order valence-corrected chi connectivity index (χ2v) is 5.64. The quantitative estimate of drug-likeness (QED) is 0.896. The Hall–Kier alpha value is -2.24. The van der Waals surface area contributed by atoms with E-state index in [0.29, 0.717) is 23.4 Å². The number of hydrogen-bond donors (Lipinski definition) is 2. The highest BCUT2D eigenvalue weighted by molar-refractivity contribution is 5.95. The number of amides is 2. The number of ether oxygens (including phenoxy) is 1. The molecule has 1 aliphatic heterocycles. The number of fused-ring (bicyclic) bond motifs is 2. The van der Waals surface area contributed by atoms with Crippen LogP contribution in [0.25, 0.3) is 0 Å². The van der Waals surface area contributed by atoms with Gasteiger partial charge in [-0.1, -0.05) is 0 Å². The van der Waals surface area contributed by atoms with Crippen LogP contribution in [-0.2, 0) is 0 Å². The highest BCUT2D eigenvalue weighted by Gasteiger charge is 2.40. The first kappa shape index (κ1) is 13.7. The zero-order valence-electron chi connectivity index (χ0n) is 11.8. The molecule has 3 rings (SSSR count). The number of benzene rings is 1. The Labute approximate surface area is 122 Å². The highest BCUT2D eigenvalue weighted by atomic mass is 16.5. The van der Waals surface area contributed by atoms with Crippen LogP contribution in [0.2, 0.25) is 0 Å². The van der Waals surface area contributed by atoms with Crippen LogP contribution in [0.3, 0.4) is 0 Å². The maximum Gasteiger partial charge on any atom is 0.335 e. The molecule has 6 heteroatoms. The van der Waals surface area contributed by atoms with Gasteiger partial charge in [-0.2, -0.15) is 0 Å². The average molecular weight is 290 g/mol. The molecule has 2 fully saturated rings. The lowest BCUT2D eigenvalue weighted by atomic mass is 10.1. The summed E-state index contributed by atoms with van der Waals surface area (Å²) in [6.07, 6.45) is 3.34. The summed E-state index contributed by atoms with van der Waals surface area (Å²) in [5, 5.41) is 11.8. The number of anilines is 1. The van der Waals surface area contributed by atoms with Crippen LogP contribution in [0.15, 0.2) is 18.2 Å². The molecule has 2 bridgehead atoms. The number of methoxy groups -OCH3 is 1. The van der Waals surface area contributed by atoms with Crippen molar-refractivity contribution < 1.29 is 19.4 Å². The van der Waals surface area contributed by atoms with Gasteiger partial charge in [0.1, 0.15) is 5.75 Å². The van der Waals surface area contributed by atoms with Gasteiger partial charge in [0.25, 0.3) is 0 Å². The number of nitrogens with one attached hydrogen (secondary N) is 1. The zero-order chi connectivity index (χ0) is 15.0. The Morgan fingerprint density at radius 2 is 2.19 bits per heavy atom. The summed E-state index contributed by atoms with van der Waals surface area (Å²) in [6, 6.07) is 4.57. The summed E-state index contributed by atoms with van der Waals surface area (Å²) in [5.41, 5.74) is 0.513. The van der Waals surface area contributed by atoms with Crippen LogP contribution in [0.4, 0.5) is 10.5 Å². The summed E-state index contributed by atoms with van der Waals surface area (Å²) in [5.74, 6) is 0.0408. The van der Waals surface area contributed by atoms with Crippen molar-refractivity contribution in [2.45, 2.75) is 25.3 Å². The number of piperidine rings is 1. The number of carboxylic acids is 1. The Morgan fingerprint density at radius 3 is 2.76 bits per heavy atom. The number of nitrogens with zero attached hydrogens (tertiary/aromatic N) is 1. The first-order valence-electron chi connectivity index (χ1n) is 7.07. The Bertz CT molecular complexity index is 587. The standard InChI is InChI=1S/C15H18N2O4/c1-21-13-5-3-10(14(18)19)7-12(13)16-15(20)17-8-9-2-4-11(17)6-9/h3,5,7,9,11H,2,4,6,8H2,1H3,(H,16,20)(H,18,19). The van der Waals surface area contributed by atoms with Gasteiger partial charge in [0, 0.05) is 12.6 Å². The SMILES string of the molecule is COc1ccc(C(=O)O)cc1NC(=O)N1CC2CCC1C2. The number of rotatable bonds is 3. The summed E-state index contributed by atoms with van der Waals surface area (Å²) in [4.78, 5) is 25.2. The zero-order valence-corrected chi connectivity index (χ0v) is 11.8. The van der Waals surface area contributed by atoms with E-state index >= 15 is 0 Å². The third-order valence-corrected chi connectivity index (χ3v) is 4.36. The van der Waals surface area contributed by atoms with Crippen molar-refractivity contribution in [1.29, 1.82) is 0 Å². The van der Waals surface area contributed by atoms with E-state index < -0.39 is 5.97 Å². The fraction of sp³-hybridized carbons (Fsp3) is 0.467. The first-order valence-corrected chi connectivity index (χ1v) is 7.07. The van der Waals surface area contributed by atoms with Gasteiger partial charge < -0.3 is 20.1 Å². The van der Waals surface area contributed by atoms with E-state index in [9.17, 15) is 9.59 Å². The van der Waals surface area contributed by atoms with Crippen molar-refractivity contribution in [2.24, 2.45) is 5.92 Å². The van der Waals surface area contributed by atoms with Crippen molar-refractivity contribution >= 4 is 17.7 Å². The fourth-order valence-corrected chi connectivity index (χ4v) is 3.30. The van der Waals surface area contributed by atoms with Crippen LogP contribution < -0.4 is 10.1 Å². The molecular formula is C15H18N2O4. The van der Waals surface area contributed by atoms with Gasteiger partial charge in [-0.05, 0) is 43.4 Å². The normalized spacial score (nSPS) is 23.2. The van der Waals surface area contributed by atoms with Gasteiger partial charge in [-0.15, -0.1) is 0 Å². The minimum atomic E-state index is -1.03. The summed E-state index contributed by atoms with van der Waals surface area (Å²) in [7, 11) is 1.49. The van der Waals surface area contributed by atoms with E-state index in [-0.39, 0.29) is 11.6 Å². The summed E-state index contributed by atoms with van der Waals surface area (Å²) < 4.78 is 5.18. The molecule has 112 valence electrons. The third-order valence-electron chi connectivity index (χ3n) is 4.36. The van der Waals surface area contributed by atoms with E-state index in [0.717, 1.165) is 19.4 Å². The number of carbonyl (C=O) groups excluding carboxylic acids is 1. The molecule has 1 saturated heterocycles. The van der Waals surface area contributed by atoms with Crippen molar-refractivity contribution in [3.8, 4) is 5.75 Å². The lowest BCUT2D eigenvalue weighted by Crippen LogP contribution is -2.40. The minimum absolute atomic E-state index is 0.119. The second kappa shape index (κ2) is 5.27. The van der Waals surface area contributed by atoms with Gasteiger partial charge >= 0.3 is 12.0 Å². The lowest BCUT2D eigenvalue weighted by molar-refractivity contribution is 0.0697. The van der Waals surface area contributed by atoms with Crippen LogP contribution in [0, 0.1) is 5.92 Å². The number of hydrogen-bond acceptors (Lipinski definition) is 3. The highest BCUT2D eigenvalue weighted by Crippen LogP contribution is 2.38. The van der Waals surface area contributed by atoms with Gasteiger partial charge in [0.2, 0.25) is 0 Å². The van der Waals surface area contributed by atoms with Crippen molar-refractivity contribution in [2.75, 3.05) is 19.0 Å². The van der Waals surface area contributed by atoms with E-state index in [1.54, 1.807) is 6.07 Å². The maximum atomic E-state index is 12.4. The molecule has 2 atom stereocenters. The number of aromatic carboxylic acids is 1. The van der Waals surface area contributed by atoms with Crippen LogP contribution in [-0.4, -0.2) is 41.7 Å². The molecule has 2 aliphatic rings. The van der Waals surface area contributed by atoms with Crippen molar-refractivity contribution in [1.82, 2.24) is 4.90 Å². The molecule has 0 radical (unpaired) electrons. The predicted octanol–water partition coefficient (Wildman–Crippen LogP) is 2.41. The summed E-state index contributed by atoms with van der Waals surface area (Å²) >= 11 is 0. The third kappa shape index (κ3) is 2.53. The van der Waals surface area contributed by atoms with E-state index in [1.807, 2.05) is 4.90 Å². The molecule has 2 unspecified atom stereocenters. The van der Waals surface area contributed by atoms with E-state index in [2.05, 4.69) is 5.32 Å². The first-order chi connectivity index (χ1) is 10.1. The predicted molar refractivity (Wildman–Crippen MR) is 76.8 cm³/mol. The van der Waals surface area contributed by atoms with Crippen molar-refractivity contribution in [3.05, 3.63) is 23.8 Å². The average Bonchev–Trinajstić information content (AvgIpc) is 3.09. The molecule has 1 aromatic rings. The topological polar surface area (TPSA) is 78.9 Å². The van der Waals surface area contributed by atoms with Crippen LogP contribution in [0.5, 0.6) is 5.75 Å². The largest absolute Gasteiger partial charge is 0.495 e. The van der Waals surface area contributed by atoms with Gasteiger partial charge in [-0.3, -0.25) is 0 Å². The molecule has 1 heterocycles. The molecular weight excluding hydrogens is 272 g/mol. The van der Waals surface area contributed by atoms with Gasteiger partial charge in [-0.25, -0.2) is 9.59 Å². The Morgan fingerprint density at radius 1 is 1.38 bits per heavy atom. The van der Waals surface area contributed by atoms with E-state index in [1.165, 1.54) is 25.7 Å². The second-order valence-electron chi connectivity index (χ2n) is 5.64. The molecule has 6 nitrogen and oxygen atoms in total. The molecule has 1 aliphatic carbocycles. The van der Waals surface area contributed by atoms with Crippen molar-refractivity contribution in [3.63, 3.8) is 0 Å². The number of carbonyl (C=O) groups is 2. The Balaban J connectivity index is 1.78. The molecule has 2 amide bonds. The number of carboxylic acid groups (broad SMARTS) is 1. The number of urea groups is 1. The monoisotopic (exact) mass is 290 g/mol. The fourth-order valence-electron chi connectivity index (χ4n) is 3.30. The molecule has 0 aromatic heterocycles. The molecule has 0 spiro atoms.